The third kappa shape index (κ3) is 3.95. The number of unbranched alkanes of at least 4 members (excludes halogenated alkanes) is 1. The Bertz CT molecular complexity index is 1060. The van der Waals surface area contributed by atoms with Crippen LogP contribution in [-0.2, 0) is 17.7 Å². The number of ether oxygens (including phenoxy) is 1. The van der Waals surface area contributed by atoms with Gasteiger partial charge >= 0.3 is 0 Å². The van der Waals surface area contributed by atoms with E-state index >= 15 is 0 Å². The number of benzene rings is 1. The molecule has 0 unspecified atom stereocenters. The second-order valence-electron chi connectivity index (χ2n) is 6.64. The second kappa shape index (κ2) is 8.47. The van der Waals surface area contributed by atoms with Crippen molar-refractivity contribution >= 4 is 21.6 Å². The fourth-order valence-electron chi connectivity index (χ4n) is 3.31. The van der Waals surface area contributed by atoms with Gasteiger partial charge in [-0.05, 0) is 31.4 Å². The third-order valence-electron chi connectivity index (χ3n) is 4.64. The van der Waals surface area contributed by atoms with E-state index < -0.39 is 0 Å². The molecular formula is C21H23N3O2S. The molecule has 27 heavy (non-hydrogen) atoms. The maximum Gasteiger partial charge on any atom is 0.262 e. The lowest BCUT2D eigenvalue weighted by Crippen LogP contribution is -2.26. The van der Waals surface area contributed by atoms with E-state index in [0.717, 1.165) is 27.3 Å². The molecule has 3 rings (SSSR count). The Morgan fingerprint density at radius 1 is 1.30 bits per heavy atom. The van der Waals surface area contributed by atoms with Crippen LogP contribution in [0.3, 0.4) is 0 Å². The number of aryl methyl sites for hydroxylation is 2. The molecule has 2 aromatic heterocycles. The van der Waals surface area contributed by atoms with Crippen molar-refractivity contribution < 1.29 is 4.74 Å². The Morgan fingerprint density at radius 2 is 2.11 bits per heavy atom. The molecule has 0 amide bonds. The van der Waals surface area contributed by atoms with Crippen molar-refractivity contribution in [3.63, 3.8) is 0 Å². The van der Waals surface area contributed by atoms with Crippen LogP contribution in [0.4, 0.5) is 0 Å². The van der Waals surface area contributed by atoms with Crippen molar-refractivity contribution in [1.82, 2.24) is 9.55 Å². The van der Waals surface area contributed by atoms with Crippen LogP contribution >= 0.6 is 11.3 Å². The first-order chi connectivity index (χ1) is 13.1. The SMILES string of the molecule is COCCc1nc2scc(-c3ccc(C)cc3C)c2c(=O)n1CCCC#N. The summed E-state index contributed by atoms with van der Waals surface area (Å²) in [7, 11) is 1.64. The van der Waals surface area contributed by atoms with E-state index in [-0.39, 0.29) is 5.56 Å². The van der Waals surface area contributed by atoms with Crippen molar-refractivity contribution in [1.29, 1.82) is 5.26 Å². The van der Waals surface area contributed by atoms with E-state index in [1.54, 1.807) is 11.7 Å². The van der Waals surface area contributed by atoms with Gasteiger partial charge in [-0.1, -0.05) is 23.8 Å². The lowest BCUT2D eigenvalue weighted by molar-refractivity contribution is 0.199. The summed E-state index contributed by atoms with van der Waals surface area (Å²) in [4.78, 5) is 18.9. The molecule has 5 nitrogen and oxygen atoms in total. The Kier molecular flexibility index (Phi) is 6.04. The van der Waals surface area contributed by atoms with Gasteiger partial charge in [0.1, 0.15) is 10.7 Å². The molecule has 0 aliphatic carbocycles. The molecule has 0 aliphatic heterocycles. The molecular weight excluding hydrogens is 358 g/mol. The lowest BCUT2D eigenvalue weighted by Gasteiger charge is -2.12. The number of nitrogens with zero attached hydrogens (tertiary/aromatic N) is 3. The van der Waals surface area contributed by atoms with Gasteiger partial charge in [0.25, 0.3) is 5.56 Å². The number of nitriles is 1. The number of methoxy groups -OCH3 is 1. The molecule has 0 saturated heterocycles. The zero-order valence-electron chi connectivity index (χ0n) is 15.9. The van der Waals surface area contributed by atoms with E-state index in [2.05, 4.69) is 38.1 Å². The summed E-state index contributed by atoms with van der Waals surface area (Å²) >= 11 is 1.50. The number of hydrogen-bond acceptors (Lipinski definition) is 5. The first-order valence-corrected chi connectivity index (χ1v) is 9.89. The van der Waals surface area contributed by atoms with Crippen molar-refractivity contribution in [2.45, 2.75) is 39.7 Å². The summed E-state index contributed by atoms with van der Waals surface area (Å²) in [6.45, 7) is 5.13. The summed E-state index contributed by atoms with van der Waals surface area (Å²) in [6, 6.07) is 8.41. The van der Waals surface area contributed by atoms with Gasteiger partial charge in [0.2, 0.25) is 0 Å². The highest BCUT2D eigenvalue weighted by Crippen LogP contribution is 2.33. The molecule has 0 fully saturated rings. The van der Waals surface area contributed by atoms with Crippen molar-refractivity contribution in [3.05, 3.63) is 50.9 Å². The highest BCUT2D eigenvalue weighted by atomic mass is 32.1. The van der Waals surface area contributed by atoms with Crippen LogP contribution in [0.1, 0.15) is 29.8 Å². The van der Waals surface area contributed by atoms with Gasteiger partial charge in [0.15, 0.2) is 0 Å². The quantitative estimate of drug-likeness (QED) is 0.574. The average molecular weight is 382 g/mol. The van der Waals surface area contributed by atoms with E-state index in [0.29, 0.717) is 37.8 Å². The van der Waals surface area contributed by atoms with Crippen LogP contribution in [0.15, 0.2) is 28.4 Å². The van der Waals surface area contributed by atoms with Gasteiger partial charge in [0.05, 0.1) is 18.1 Å². The highest BCUT2D eigenvalue weighted by molar-refractivity contribution is 7.17. The van der Waals surface area contributed by atoms with E-state index in [4.69, 9.17) is 15.0 Å². The van der Waals surface area contributed by atoms with E-state index in [9.17, 15) is 4.79 Å². The highest BCUT2D eigenvalue weighted by Gasteiger charge is 2.18. The van der Waals surface area contributed by atoms with Gasteiger partial charge in [0, 0.05) is 37.4 Å². The summed E-state index contributed by atoms with van der Waals surface area (Å²) in [5.74, 6) is 0.723. The van der Waals surface area contributed by atoms with E-state index in [1.807, 2.05) is 5.38 Å². The molecule has 0 aliphatic rings. The summed E-state index contributed by atoms with van der Waals surface area (Å²) in [5, 5.41) is 11.5. The molecule has 3 aromatic rings. The Labute approximate surface area is 162 Å². The van der Waals surface area contributed by atoms with Crippen LogP contribution in [-0.4, -0.2) is 23.3 Å². The summed E-state index contributed by atoms with van der Waals surface area (Å²) < 4.78 is 6.90. The van der Waals surface area contributed by atoms with Crippen LogP contribution in [0.2, 0.25) is 0 Å². The second-order valence-corrected chi connectivity index (χ2v) is 7.50. The van der Waals surface area contributed by atoms with Gasteiger partial charge in [-0.2, -0.15) is 5.26 Å². The number of thiophene rings is 1. The predicted octanol–water partition coefficient (Wildman–Crippen LogP) is 4.23. The number of aromatic nitrogens is 2. The predicted molar refractivity (Wildman–Crippen MR) is 109 cm³/mol. The minimum Gasteiger partial charge on any atom is -0.384 e. The molecule has 140 valence electrons. The summed E-state index contributed by atoms with van der Waals surface area (Å²) in [6.07, 6.45) is 1.62. The monoisotopic (exact) mass is 381 g/mol. The molecule has 0 atom stereocenters. The molecule has 0 saturated carbocycles. The Balaban J connectivity index is 2.17. The smallest absolute Gasteiger partial charge is 0.262 e. The molecule has 0 radical (unpaired) electrons. The molecule has 2 heterocycles. The molecule has 0 spiro atoms. The standard InChI is InChI=1S/C21H23N3O2S/c1-14-6-7-16(15(2)12-14)17-13-27-20-19(17)21(25)24(10-5-4-9-22)18(23-20)8-11-26-3/h6-7,12-13H,4-5,8,10-11H2,1-3H3. The van der Waals surface area contributed by atoms with Crippen molar-refractivity contribution in [3.8, 4) is 17.2 Å². The van der Waals surface area contributed by atoms with Gasteiger partial charge in [-0.25, -0.2) is 4.98 Å². The van der Waals surface area contributed by atoms with Gasteiger partial charge in [-0.3, -0.25) is 9.36 Å². The van der Waals surface area contributed by atoms with E-state index in [1.165, 1.54) is 16.9 Å². The van der Waals surface area contributed by atoms with Crippen LogP contribution in [0, 0.1) is 25.2 Å². The van der Waals surface area contributed by atoms with Crippen LogP contribution in [0.5, 0.6) is 0 Å². The molecule has 1 aromatic carbocycles. The number of fused-ring (bicyclic) bond motifs is 1. The average Bonchev–Trinajstić information content (AvgIpc) is 3.06. The first kappa shape index (κ1) is 19.3. The van der Waals surface area contributed by atoms with Crippen molar-refractivity contribution in [2.75, 3.05) is 13.7 Å². The van der Waals surface area contributed by atoms with Crippen molar-refractivity contribution in [2.24, 2.45) is 0 Å². The minimum absolute atomic E-state index is 0.0275. The fourth-order valence-corrected chi connectivity index (χ4v) is 4.26. The normalized spacial score (nSPS) is 11.0. The molecule has 6 heteroatoms. The van der Waals surface area contributed by atoms with Crippen LogP contribution in [0.25, 0.3) is 21.3 Å². The van der Waals surface area contributed by atoms with Gasteiger partial charge < -0.3 is 4.74 Å². The minimum atomic E-state index is -0.0275. The first-order valence-electron chi connectivity index (χ1n) is 9.01. The van der Waals surface area contributed by atoms with Crippen LogP contribution < -0.4 is 5.56 Å². The van der Waals surface area contributed by atoms with Gasteiger partial charge in [-0.15, -0.1) is 11.3 Å². The molecule has 0 N–H and O–H groups in total. The Morgan fingerprint density at radius 3 is 2.81 bits per heavy atom. The molecule has 0 bridgehead atoms. The largest absolute Gasteiger partial charge is 0.384 e. The maximum atomic E-state index is 13.3. The maximum absolute atomic E-state index is 13.3. The fraction of sp³-hybridized carbons (Fsp3) is 0.381. The topological polar surface area (TPSA) is 67.9 Å². The zero-order valence-corrected chi connectivity index (χ0v) is 16.7. The third-order valence-corrected chi connectivity index (χ3v) is 5.52. The number of hydrogen-bond donors (Lipinski definition) is 0. The lowest BCUT2D eigenvalue weighted by atomic mass is 9.99. The summed E-state index contributed by atoms with van der Waals surface area (Å²) in [5.41, 5.74) is 4.33. The zero-order chi connectivity index (χ0) is 19.4. The Hall–Kier alpha value is -2.49. The number of rotatable bonds is 7.